The van der Waals surface area contributed by atoms with Gasteiger partial charge in [0.05, 0.1) is 0 Å². The lowest BCUT2D eigenvalue weighted by molar-refractivity contribution is 0.0852. The molecule has 2 fully saturated rings. The lowest BCUT2D eigenvalue weighted by Crippen LogP contribution is -2.47. The molecule has 1 aliphatic carbocycles. The second kappa shape index (κ2) is 6.72. The van der Waals surface area contributed by atoms with E-state index in [4.69, 9.17) is 0 Å². The molecule has 0 aromatic carbocycles. The fourth-order valence-electron chi connectivity index (χ4n) is 3.46. The van der Waals surface area contributed by atoms with Crippen LogP contribution in [0, 0.1) is 5.92 Å². The molecule has 2 aliphatic rings. The molecule has 0 spiro atoms. The third kappa shape index (κ3) is 3.67. The molecular weight excluding hydrogens is 212 g/mol. The normalized spacial score (nSPS) is 33.5. The van der Waals surface area contributed by atoms with Gasteiger partial charge >= 0.3 is 0 Å². The largest absolute Gasteiger partial charge is 0.396 e. The summed E-state index contributed by atoms with van der Waals surface area (Å²) in [4.78, 5) is 2.71. The Balaban J connectivity index is 2.00. The average Bonchev–Trinajstić information content (AvgIpc) is 2.53. The first kappa shape index (κ1) is 13.3. The van der Waals surface area contributed by atoms with Gasteiger partial charge in [0.15, 0.2) is 0 Å². The molecule has 2 unspecified atom stereocenters. The Kier molecular flexibility index (Phi) is 5.26. The molecule has 2 N–H and O–H groups in total. The van der Waals surface area contributed by atoms with E-state index in [9.17, 15) is 5.11 Å². The summed E-state index contributed by atoms with van der Waals surface area (Å²) in [6, 6.07) is 1.33. The van der Waals surface area contributed by atoms with Gasteiger partial charge in [0.2, 0.25) is 0 Å². The molecular formula is C14H28N2O. The van der Waals surface area contributed by atoms with Crippen molar-refractivity contribution < 1.29 is 5.11 Å². The van der Waals surface area contributed by atoms with Crippen LogP contribution in [0.2, 0.25) is 0 Å². The molecule has 0 amide bonds. The second-order valence-electron chi connectivity index (χ2n) is 5.92. The zero-order valence-corrected chi connectivity index (χ0v) is 11.2. The van der Waals surface area contributed by atoms with Crippen LogP contribution in [0.15, 0.2) is 0 Å². The number of nitrogens with one attached hydrogen (secondary N) is 1. The van der Waals surface area contributed by atoms with E-state index >= 15 is 0 Å². The molecule has 17 heavy (non-hydrogen) atoms. The van der Waals surface area contributed by atoms with Crippen molar-refractivity contribution in [2.24, 2.45) is 5.92 Å². The van der Waals surface area contributed by atoms with Gasteiger partial charge in [-0.25, -0.2) is 0 Å². The molecule has 0 bridgehead atoms. The molecule has 3 nitrogen and oxygen atoms in total. The van der Waals surface area contributed by atoms with Gasteiger partial charge in [0, 0.05) is 31.8 Å². The van der Waals surface area contributed by atoms with Crippen LogP contribution in [0.25, 0.3) is 0 Å². The third-order valence-electron chi connectivity index (χ3n) is 4.37. The van der Waals surface area contributed by atoms with Crippen LogP contribution in [0.1, 0.15) is 45.4 Å². The predicted octanol–water partition coefficient (Wildman–Crippen LogP) is 1.61. The highest BCUT2D eigenvalue weighted by Crippen LogP contribution is 2.26. The summed E-state index contributed by atoms with van der Waals surface area (Å²) >= 11 is 0. The third-order valence-corrected chi connectivity index (χ3v) is 4.37. The topological polar surface area (TPSA) is 35.5 Å². The van der Waals surface area contributed by atoms with E-state index in [-0.39, 0.29) is 0 Å². The van der Waals surface area contributed by atoms with Gasteiger partial charge < -0.3 is 10.4 Å². The van der Waals surface area contributed by atoms with Gasteiger partial charge in [0.1, 0.15) is 0 Å². The average molecular weight is 240 g/mol. The molecule has 1 aliphatic heterocycles. The molecule has 1 saturated heterocycles. The molecule has 2 atom stereocenters. The second-order valence-corrected chi connectivity index (χ2v) is 5.92. The maximum absolute atomic E-state index is 9.24. The first-order chi connectivity index (χ1) is 8.31. The number of aliphatic hydroxyl groups excluding tert-OH is 1. The Hall–Kier alpha value is -0.120. The lowest BCUT2D eigenvalue weighted by atomic mass is 9.92. The highest BCUT2D eigenvalue weighted by Gasteiger charge is 2.30. The Morgan fingerprint density at radius 1 is 1.18 bits per heavy atom. The van der Waals surface area contributed by atoms with Gasteiger partial charge in [-0.05, 0) is 31.7 Å². The standard InChI is InChI=1S/C14H28N2O/c1-12-9-15-10-14(7-8-17)16(11-12)13-5-3-2-4-6-13/h12-15,17H,2-11H2,1H3. The number of rotatable bonds is 3. The Bertz CT molecular complexity index is 216. The summed E-state index contributed by atoms with van der Waals surface area (Å²) in [5.41, 5.74) is 0. The van der Waals surface area contributed by atoms with Crippen molar-refractivity contribution in [3.63, 3.8) is 0 Å². The monoisotopic (exact) mass is 240 g/mol. The molecule has 1 saturated carbocycles. The Labute approximate surface area is 106 Å². The number of aliphatic hydroxyl groups is 1. The van der Waals surface area contributed by atoms with Crippen LogP contribution in [-0.4, -0.2) is 48.3 Å². The van der Waals surface area contributed by atoms with Crippen molar-refractivity contribution in [3.05, 3.63) is 0 Å². The fourth-order valence-corrected chi connectivity index (χ4v) is 3.46. The molecule has 1 heterocycles. The molecule has 3 heteroatoms. The van der Waals surface area contributed by atoms with E-state index in [1.165, 1.54) is 38.6 Å². The van der Waals surface area contributed by atoms with E-state index in [0.29, 0.717) is 12.6 Å². The minimum absolute atomic E-state index is 0.323. The lowest BCUT2D eigenvalue weighted by Gasteiger charge is -2.39. The minimum atomic E-state index is 0.323. The number of hydrogen-bond donors (Lipinski definition) is 2. The van der Waals surface area contributed by atoms with E-state index < -0.39 is 0 Å². The zero-order valence-electron chi connectivity index (χ0n) is 11.2. The Morgan fingerprint density at radius 2 is 1.94 bits per heavy atom. The van der Waals surface area contributed by atoms with Gasteiger partial charge in [-0.3, -0.25) is 4.90 Å². The van der Waals surface area contributed by atoms with Gasteiger partial charge in [0.25, 0.3) is 0 Å². The number of hydrogen-bond acceptors (Lipinski definition) is 3. The van der Waals surface area contributed by atoms with E-state index in [2.05, 4.69) is 17.1 Å². The van der Waals surface area contributed by atoms with Gasteiger partial charge in [-0.2, -0.15) is 0 Å². The summed E-state index contributed by atoms with van der Waals surface area (Å²) in [6.07, 6.45) is 7.88. The van der Waals surface area contributed by atoms with Crippen LogP contribution in [0.4, 0.5) is 0 Å². The van der Waals surface area contributed by atoms with Crippen molar-refractivity contribution in [1.82, 2.24) is 10.2 Å². The molecule has 0 aromatic heterocycles. The van der Waals surface area contributed by atoms with E-state index in [1.807, 2.05) is 0 Å². The van der Waals surface area contributed by atoms with Crippen LogP contribution in [0.3, 0.4) is 0 Å². The van der Waals surface area contributed by atoms with Gasteiger partial charge in [-0.15, -0.1) is 0 Å². The summed E-state index contributed by atoms with van der Waals surface area (Å²) in [7, 11) is 0. The Morgan fingerprint density at radius 3 is 2.65 bits per heavy atom. The van der Waals surface area contributed by atoms with Crippen molar-refractivity contribution in [2.45, 2.75) is 57.5 Å². The van der Waals surface area contributed by atoms with Crippen LogP contribution < -0.4 is 5.32 Å². The van der Waals surface area contributed by atoms with Crippen molar-refractivity contribution in [2.75, 3.05) is 26.2 Å². The first-order valence-corrected chi connectivity index (χ1v) is 7.38. The van der Waals surface area contributed by atoms with Crippen LogP contribution in [-0.2, 0) is 0 Å². The number of nitrogens with zero attached hydrogens (tertiary/aromatic N) is 1. The fraction of sp³-hybridized carbons (Fsp3) is 1.00. The summed E-state index contributed by atoms with van der Waals surface area (Å²) < 4.78 is 0. The first-order valence-electron chi connectivity index (χ1n) is 7.38. The van der Waals surface area contributed by atoms with Crippen molar-refractivity contribution >= 4 is 0 Å². The van der Waals surface area contributed by atoms with E-state index in [1.54, 1.807) is 0 Å². The van der Waals surface area contributed by atoms with Crippen molar-refractivity contribution in [3.8, 4) is 0 Å². The maximum atomic E-state index is 9.24. The summed E-state index contributed by atoms with van der Waals surface area (Å²) in [5, 5.41) is 12.8. The molecule has 0 radical (unpaired) electrons. The molecule has 2 rings (SSSR count). The highest BCUT2D eigenvalue weighted by atomic mass is 16.3. The zero-order chi connectivity index (χ0) is 12.1. The smallest absolute Gasteiger partial charge is 0.0446 e. The van der Waals surface area contributed by atoms with Crippen LogP contribution >= 0.6 is 0 Å². The quantitative estimate of drug-likeness (QED) is 0.787. The molecule has 0 aromatic rings. The highest BCUT2D eigenvalue weighted by molar-refractivity contribution is 4.86. The van der Waals surface area contributed by atoms with Crippen molar-refractivity contribution in [1.29, 1.82) is 0 Å². The molecule has 100 valence electrons. The van der Waals surface area contributed by atoms with Gasteiger partial charge in [-0.1, -0.05) is 26.2 Å². The predicted molar refractivity (Wildman–Crippen MR) is 71.1 cm³/mol. The summed E-state index contributed by atoms with van der Waals surface area (Å²) in [5.74, 6) is 0.737. The minimum Gasteiger partial charge on any atom is -0.396 e. The van der Waals surface area contributed by atoms with E-state index in [0.717, 1.165) is 31.5 Å². The summed E-state index contributed by atoms with van der Waals surface area (Å²) in [6.45, 7) is 6.06. The maximum Gasteiger partial charge on any atom is 0.0446 e. The SMILES string of the molecule is CC1CNCC(CCO)N(C2CCCCC2)C1. The van der Waals surface area contributed by atoms with Crippen LogP contribution in [0.5, 0.6) is 0 Å².